The van der Waals surface area contributed by atoms with Crippen molar-refractivity contribution in [2.24, 2.45) is 5.73 Å². The molecule has 1 fully saturated rings. The second-order valence-electron chi connectivity index (χ2n) is 7.71. The van der Waals surface area contributed by atoms with E-state index in [0.717, 1.165) is 16.7 Å². The van der Waals surface area contributed by atoms with E-state index in [0.29, 0.717) is 0 Å². The van der Waals surface area contributed by atoms with Gasteiger partial charge in [-0.15, -0.1) is 0 Å². The van der Waals surface area contributed by atoms with Gasteiger partial charge >= 0.3 is 0 Å². The number of aliphatic hydroxyl groups is 3. The molecule has 162 valence electrons. The lowest BCUT2D eigenvalue weighted by atomic mass is 9.80. The molecular weight excluding hydrogens is 394 g/mol. The van der Waals surface area contributed by atoms with E-state index < -0.39 is 36.2 Å². The van der Waals surface area contributed by atoms with Gasteiger partial charge in [0.25, 0.3) is 0 Å². The highest BCUT2D eigenvalue weighted by atomic mass is 16.6. The smallest absolute Gasteiger partial charge is 0.173 e. The lowest BCUT2D eigenvalue weighted by Gasteiger charge is -2.42. The van der Waals surface area contributed by atoms with E-state index in [1.165, 1.54) is 0 Å². The van der Waals surface area contributed by atoms with Crippen LogP contribution in [0.2, 0.25) is 0 Å². The average Bonchev–Trinajstić information content (AvgIpc) is 2.83. The van der Waals surface area contributed by atoms with Crippen molar-refractivity contribution in [3.8, 4) is 0 Å². The molecule has 31 heavy (non-hydrogen) atoms. The van der Waals surface area contributed by atoms with Gasteiger partial charge in [0.15, 0.2) is 6.29 Å². The molecule has 5 N–H and O–H groups in total. The zero-order valence-electron chi connectivity index (χ0n) is 17.0. The summed E-state index contributed by atoms with van der Waals surface area (Å²) in [4.78, 5) is 0. The van der Waals surface area contributed by atoms with E-state index in [9.17, 15) is 15.3 Å². The molecule has 3 aromatic rings. The topological polar surface area (TPSA) is 105 Å². The van der Waals surface area contributed by atoms with Crippen LogP contribution >= 0.6 is 0 Å². The molecule has 1 heterocycles. The van der Waals surface area contributed by atoms with Crippen molar-refractivity contribution in [2.45, 2.75) is 36.2 Å². The van der Waals surface area contributed by atoms with E-state index in [4.69, 9.17) is 15.2 Å². The summed E-state index contributed by atoms with van der Waals surface area (Å²) in [6.07, 6.45) is -4.97. The van der Waals surface area contributed by atoms with Gasteiger partial charge in [-0.05, 0) is 16.7 Å². The summed E-state index contributed by atoms with van der Waals surface area (Å²) in [5.74, 6) is 0. The maximum Gasteiger partial charge on any atom is 0.173 e. The third-order valence-corrected chi connectivity index (χ3v) is 5.77. The van der Waals surface area contributed by atoms with Crippen LogP contribution in [0.5, 0.6) is 0 Å². The van der Waals surface area contributed by atoms with Gasteiger partial charge in [-0.3, -0.25) is 0 Å². The largest absolute Gasteiger partial charge is 0.388 e. The van der Waals surface area contributed by atoms with Crippen molar-refractivity contribution in [1.82, 2.24) is 0 Å². The highest BCUT2D eigenvalue weighted by molar-refractivity contribution is 5.47. The molecule has 3 aromatic carbocycles. The first kappa shape index (κ1) is 21.6. The van der Waals surface area contributed by atoms with Gasteiger partial charge in [0.1, 0.15) is 23.9 Å². The Morgan fingerprint density at radius 1 is 0.710 bits per heavy atom. The molecule has 0 saturated carbocycles. The minimum atomic E-state index is -1.40. The van der Waals surface area contributed by atoms with Gasteiger partial charge in [0, 0.05) is 0 Å². The normalized spacial score (nSPS) is 26.5. The van der Waals surface area contributed by atoms with E-state index in [-0.39, 0.29) is 6.61 Å². The fraction of sp³-hybridized carbons (Fsp3) is 0.280. The fourth-order valence-electron chi connectivity index (χ4n) is 4.08. The highest BCUT2D eigenvalue weighted by Gasteiger charge is 2.44. The van der Waals surface area contributed by atoms with Crippen LogP contribution in [-0.2, 0) is 15.1 Å². The Kier molecular flexibility index (Phi) is 6.48. The van der Waals surface area contributed by atoms with Crippen molar-refractivity contribution in [2.75, 3.05) is 6.61 Å². The maximum atomic E-state index is 10.5. The monoisotopic (exact) mass is 421 g/mol. The molecular formula is C25H27NO5. The molecule has 0 spiro atoms. The second-order valence-corrected chi connectivity index (χ2v) is 7.71. The Hall–Kier alpha value is -2.58. The van der Waals surface area contributed by atoms with E-state index in [1.807, 2.05) is 91.0 Å². The molecule has 0 aromatic heterocycles. The highest BCUT2D eigenvalue weighted by Crippen LogP contribution is 2.41. The molecule has 0 amide bonds. The summed E-state index contributed by atoms with van der Waals surface area (Å²) in [5, 5.41) is 30.7. The first-order valence-electron chi connectivity index (χ1n) is 10.3. The molecule has 6 nitrogen and oxygen atoms in total. The van der Waals surface area contributed by atoms with E-state index >= 15 is 0 Å². The summed E-state index contributed by atoms with van der Waals surface area (Å²) in [7, 11) is 0. The van der Waals surface area contributed by atoms with Crippen molar-refractivity contribution >= 4 is 0 Å². The van der Waals surface area contributed by atoms with Crippen LogP contribution in [0.4, 0.5) is 0 Å². The predicted octanol–water partition coefficient (Wildman–Crippen LogP) is 1.76. The third-order valence-electron chi connectivity index (χ3n) is 5.77. The van der Waals surface area contributed by atoms with Crippen LogP contribution < -0.4 is 5.73 Å². The molecule has 0 radical (unpaired) electrons. The van der Waals surface area contributed by atoms with Crippen LogP contribution in [-0.4, -0.2) is 52.6 Å². The lowest BCUT2D eigenvalue weighted by molar-refractivity contribution is -0.256. The van der Waals surface area contributed by atoms with Crippen LogP contribution in [0.1, 0.15) is 16.7 Å². The number of ether oxygens (including phenoxy) is 2. The molecule has 4 rings (SSSR count). The Morgan fingerprint density at radius 2 is 1.13 bits per heavy atom. The second kappa shape index (κ2) is 9.28. The van der Waals surface area contributed by atoms with Gasteiger partial charge < -0.3 is 30.5 Å². The zero-order chi connectivity index (χ0) is 21.8. The van der Waals surface area contributed by atoms with Crippen molar-refractivity contribution in [1.29, 1.82) is 0 Å². The molecule has 1 aliphatic heterocycles. The van der Waals surface area contributed by atoms with Crippen molar-refractivity contribution < 1.29 is 24.8 Å². The van der Waals surface area contributed by atoms with Crippen molar-refractivity contribution in [3.63, 3.8) is 0 Å². The van der Waals surface area contributed by atoms with Gasteiger partial charge in [-0.1, -0.05) is 91.0 Å². The van der Waals surface area contributed by atoms with Crippen LogP contribution in [0.3, 0.4) is 0 Å². The Bertz CT molecular complexity index is 857. The van der Waals surface area contributed by atoms with Crippen LogP contribution in [0, 0.1) is 0 Å². The molecule has 1 aliphatic rings. The quantitative estimate of drug-likeness (QED) is 0.452. The number of benzene rings is 3. The van der Waals surface area contributed by atoms with Gasteiger partial charge in [-0.2, -0.15) is 0 Å². The van der Waals surface area contributed by atoms with Gasteiger partial charge in [0.05, 0.1) is 12.6 Å². The first-order chi connectivity index (χ1) is 15.0. The minimum absolute atomic E-state index is 0.0826. The predicted molar refractivity (Wildman–Crippen MR) is 116 cm³/mol. The number of hydrogen-bond acceptors (Lipinski definition) is 6. The summed E-state index contributed by atoms with van der Waals surface area (Å²) in [6, 6.07) is 28.3. The summed E-state index contributed by atoms with van der Waals surface area (Å²) in [5.41, 5.74) is 7.40. The standard InChI is InChI=1S/C25H27NO5/c26-21-23(28)22(27)20(31-24(21)29)16-30-25(17-10-4-1-5-11-17,18-12-6-2-7-13-18)19-14-8-3-9-15-19/h1-15,20-24,27-29H,16,26H2/t20-,21-,22-,23-,24-/m1/s1. The molecule has 5 atom stereocenters. The lowest BCUT2D eigenvalue weighted by Crippen LogP contribution is -2.62. The Morgan fingerprint density at radius 3 is 1.55 bits per heavy atom. The Labute approximate surface area is 181 Å². The third kappa shape index (κ3) is 4.14. The fourth-order valence-corrected chi connectivity index (χ4v) is 4.08. The molecule has 0 bridgehead atoms. The van der Waals surface area contributed by atoms with E-state index in [1.54, 1.807) is 0 Å². The Balaban J connectivity index is 1.78. The molecule has 6 heteroatoms. The van der Waals surface area contributed by atoms with Crippen LogP contribution in [0.25, 0.3) is 0 Å². The van der Waals surface area contributed by atoms with Crippen LogP contribution in [0.15, 0.2) is 91.0 Å². The van der Waals surface area contributed by atoms with Gasteiger partial charge in [0.2, 0.25) is 0 Å². The average molecular weight is 421 g/mol. The zero-order valence-corrected chi connectivity index (χ0v) is 17.0. The summed E-state index contributed by atoms with van der Waals surface area (Å²) in [6.45, 7) is -0.0826. The number of nitrogens with two attached hydrogens (primary N) is 1. The molecule has 0 unspecified atom stereocenters. The maximum absolute atomic E-state index is 10.5. The SMILES string of the molecule is N[C@@H]1[C@@H](O)[C@H](O)[C@@H](COC(c2ccccc2)(c2ccccc2)c2ccccc2)O[C@H]1O. The van der Waals surface area contributed by atoms with Gasteiger partial charge in [-0.25, -0.2) is 0 Å². The number of aliphatic hydroxyl groups excluding tert-OH is 3. The summed E-state index contributed by atoms with van der Waals surface area (Å²) >= 11 is 0. The number of rotatable bonds is 6. The van der Waals surface area contributed by atoms with Crippen molar-refractivity contribution in [3.05, 3.63) is 108 Å². The minimum Gasteiger partial charge on any atom is -0.388 e. The first-order valence-corrected chi connectivity index (χ1v) is 10.3. The summed E-state index contributed by atoms with van der Waals surface area (Å²) < 4.78 is 12.1. The van der Waals surface area contributed by atoms with E-state index in [2.05, 4.69) is 0 Å². The number of hydrogen-bond donors (Lipinski definition) is 4. The molecule has 1 saturated heterocycles. The molecule has 0 aliphatic carbocycles.